The van der Waals surface area contributed by atoms with Gasteiger partial charge < -0.3 is 9.13 Å². The topological polar surface area (TPSA) is 70.2 Å². The zero-order valence-corrected chi connectivity index (χ0v) is 26.0. The first-order valence-electron chi connectivity index (χ1n) is 15.1. The smallest absolute Gasteiger partial charge is 0.161 e. The van der Waals surface area contributed by atoms with Crippen molar-refractivity contribution in [2.75, 3.05) is 0 Å². The van der Waals surface area contributed by atoms with Crippen LogP contribution in [0.5, 0.6) is 0 Å². The van der Waals surface area contributed by atoms with E-state index in [0.717, 1.165) is 22.9 Å². The second-order valence-corrected chi connectivity index (χ2v) is 11.6. The van der Waals surface area contributed by atoms with E-state index in [1.807, 2.05) is 26.0 Å². The highest BCUT2D eigenvalue weighted by Gasteiger charge is 2.18. The predicted octanol–water partition coefficient (Wildman–Crippen LogP) is 7.82. The molecule has 0 aliphatic carbocycles. The second-order valence-electron chi connectivity index (χ2n) is 11.6. The van der Waals surface area contributed by atoms with Crippen LogP contribution in [0.4, 0.5) is 0 Å². The molecule has 0 fully saturated rings. The Bertz CT molecular complexity index is 2090. The first-order valence-corrected chi connectivity index (χ1v) is 15.1. The van der Waals surface area contributed by atoms with Crippen molar-refractivity contribution in [1.82, 2.24) is 38.3 Å². The lowest BCUT2D eigenvalue weighted by Crippen LogP contribution is -2.08. The van der Waals surface area contributed by atoms with Gasteiger partial charge in [0.05, 0.1) is 34.2 Å². The molecule has 0 saturated heterocycles. The van der Waals surface area contributed by atoms with E-state index in [2.05, 4.69) is 151 Å². The van der Waals surface area contributed by atoms with Crippen LogP contribution in [0.2, 0.25) is 0 Å². The SMILES string of the molecule is Cc1cc2c(ccc3nnc(C)n32)n1[C@@H](C)c1ccccc1.Cc1cc2c(ccc3nnc(C)n32)n1[C@H](C)c1ccccc1. The third-order valence-electron chi connectivity index (χ3n) is 8.80. The Morgan fingerprint density at radius 3 is 1.23 bits per heavy atom. The lowest BCUT2D eigenvalue weighted by molar-refractivity contribution is 0.646. The summed E-state index contributed by atoms with van der Waals surface area (Å²) in [5.74, 6) is 1.84. The van der Waals surface area contributed by atoms with Crippen molar-refractivity contribution < 1.29 is 0 Å². The molecular weight excluding hydrogens is 544 g/mol. The Labute approximate surface area is 256 Å². The van der Waals surface area contributed by atoms with Crippen LogP contribution in [0.15, 0.2) is 97.1 Å². The molecule has 8 rings (SSSR count). The van der Waals surface area contributed by atoms with E-state index in [-0.39, 0.29) is 12.1 Å². The Morgan fingerprint density at radius 2 is 0.841 bits per heavy atom. The molecule has 0 aliphatic heterocycles. The highest BCUT2D eigenvalue weighted by molar-refractivity contribution is 5.82. The zero-order chi connectivity index (χ0) is 30.5. The molecular formula is C36H36N8. The van der Waals surface area contributed by atoms with Crippen LogP contribution in [-0.2, 0) is 0 Å². The Hall–Kier alpha value is -5.24. The van der Waals surface area contributed by atoms with Crippen molar-refractivity contribution in [3.63, 3.8) is 0 Å². The minimum absolute atomic E-state index is 0.285. The van der Waals surface area contributed by atoms with E-state index >= 15 is 0 Å². The molecule has 220 valence electrons. The summed E-state index contributed by atoms with van der Waals surface area (Å²) in [6.45, 7) is 12.8. The highest BCUT2D eigenvalue weighted by Crippen LogP contribution is 2.30. The van der Waals surface area contributed by atoms with Gasteiger partial charge in [-0.2, -0.15) is 0 Å². The van der Waals surface area contributed by atoms with Crippen LogP contribution < -0.4 is 0 Å². The lowest BCUT2D eigenvalue weighted by Gasteiger charge is -2.18. The lowest BCUT2D eigenvalue weighted by atomic mass is 10.1. The minimum Gasteiger partial charge on any atom is -0.336 e. The molecule has 0 unspecified atom stereocenters. The van der Waals surface area contributed by atoms with E-state index < -0.39 is 0 Å². The third kappa shape index (κ3) is 4.45. The van der Waals surface area contributed by atoms with Gasteiger partial charge >= 0.3 is 0 Å². The third-order valence-corrected chi connectivity index (χ3v) is 8.80. The van der Waals surface area contributed by atoms with Gasteiger partial charge in [-0.3, -0.25) is 8.80 Å². The van der Waals surface area contributed by atoms with Crippen LogP contribution in [-0.4, -0.2) is 38.3 Å². The monoisotopic (exact) mass is 580 g/mol. The number of pyridine rings is 2. The first kappa shape index (κ1) is 27.6. The highest BCUT2D eigenvalue weighted by atomic mass is 15.3. The fourth-order valence-corrected chi connectivity index (χ4v) is 6.66. The fourth-order valence-electron chi connectivity index (χ4n) is 6.66. The van der Waals surface area contributed by atoms with Crippen molar-refractivity contribution in [2.24, 2.45) is 0 Å². The quantitative estimate of drug-likeness (QED) is 0.213. The molecule has 6 heterocycles. The minimum atomic E-state index is 0.285. The summed E-state index contributed by atoms with van der Waals surface area (Å²) in [6, 6.07) is 34.6. The molecule has 8 aromatic rings. The number of aryl methyl sites for hydroxylation is 4. The maximum atomic E-state index is 4.21. The van der Waals surface area contributed by atoms with Crippen LogP contribution in [0.1, 0.15) is 60.1 Å². The van der Waals surface area contributed by atoms with Crippen LogP contribution in [0, 0.1) is 27.7 Å². The van der Waals surface area contributed by atoms with Gasteiger partial charge in [0, 0.05) is 11.4 Å². The summed E-state index contributed by atoms with van der Waals surface area (Å²) in [5.41, 5.74) is 11.7. The molecule has 2 aromatic carbocycles. The zero-order valence-electron chi connectivity index (χ0n) is 26.0. The number of hydrogen-bond acceptors (Lipinski definition) is 4. The number of rotatable bonds is 4. The first-order chi connectivity index (χ1) is 21.3. The van der Waals surface area contributed by atoms with Crippen molar-refractivity contribution >= 4 is 33.4 Å². The van der Waals surface area contributed by atoms with Gasteiger partial charge in [-0.25, -0.2) is 0 Å². The molecule has 0 spiro atoms. The van der Waals surface area contributed by atoms with Crippen LogP contribution >= 0.6 is 0 Å². The number of fused-ring (bicyclic) bond motifs is 6. The Morgan fingerprint density at radius 1 is 0.455 bits per heavy atom. The molecule has 0 saturated carbocycles. The molecule has 8 nitrogen and oxygen atoms in total. The summed E-state index contributed by atoms with van der Waals surface area (Å²) in [7, 11) is 0. The Balaban J connectivity index is 0.000000142. The molecule has 6 aromatic heterocycles. The summed E-state index contributed by atoms with van der Waals surface area (Å²) in [4.78, 5) is 0. The van der Waals surface area contributed by atoms with Crippen LogP contribution in [0.25, 0.3) is 33.4 Å². The standard InChI is InChI=1S/2C18H18N4/c2*1-12-11-17-16(9-10-18-20-19-14(3)22(17)18)21(12)13(2)15-7-5-4-6-8-15/h2*4-11,13H,1-3H3/t2*13-/m10/s1. The normalized spacial score (nSPS) is 13.0. The average Bonchev–Trinajstić information content (AvgIpc) is 3.79. The summed E-state index contributed by atoms with van der Waals surface area (Å²) in [5, 5.41) is 16.8. The van der Waals surface area contributed by atoms with Crippen LogP contribution in [0.3, 0.4) is 0 Å². The van der Waals surface area contributed by atoms with Gasteiger partial charge in [0.2, 0.25) is 0 Å². The van der Waals surface area contributed by atoms with Crippen molar-refractivity contribution in [3.8, 4) is 0 Å². The summed E-state index contributed by atoms with van der Waals surface area (Å²) >= 11 is 0. The van der Waals surface area contributed by atoms with Crippen molar-refractivity contribution in [3.05, 3.63) is 131 Å². The van der Waals surface area contributed by atoms with Gasteiger partial charge in [0.1, 0.15) is 11.6 Å². The molecule has 0 radical (unpaired) electrons. The average molecular weight is 581 g/mol. The fraction of sp³-hybridized carbons (Fsp3) is 0.222. The Kier molecular flexibility index (Phi) is 6.77. The van der Waals surface area contributed by atoms with E-state index in [4.69, 9.17) is 0 Å². The van der Waals surface area contributed by atoms with Gasteiger partial charge in [-0.1, -0.05) is 60.7 Å². The molecule has 44 heavy (non-hydrogen) atoms. The molecule has 0 aliphatic rings. The van der Waals surface area contributed by atoms with E-state index in [1.54, 1.807) is 0 Å². The summed E-state index contributed by atoms with van der Waals surface area (Å²) < 4.78 is 9.00. The van der Waals surface area contributed by atoms with Gasteiger partial charge in [-0.15, -0.1) is 20.4 Å². The van der Waals surface area contributed by atoms with E-state index in [9.17, 15) is 0 Å². The molecule has 8 heteroatoms. The van der Waals surface area contributed by atoms with E-state index in [1.165, 1.54) is 44.6 Å². The maximum Gasteiger partial charge on any atom is 0.161 e. The number of hydrogen-bond donors (Lipinski definition) is 0. The maximum absolute atomic E-state index is 4.21. The van der Waals surface area contributed by atoms with Crippen molar-refractivity contribution in [2.45, 2.75) is 53.6 Å². The molecule has 0 amide bonds. The van der Waals surface area contributed by atoms with Gasteiger partial charge in [0.15, 0.2) is 11.3 Å². The second kappa shape index (κ2) is 10.8. The number of aromatic nitrogens is 8. The summed E-state index contributed by atoms with van der Waals surface area (Å²) in [6.07, 6.45) is 0. The molecule has 0 bridgehead atoms. The van der Waals surface area contributed by atoms with Gasteiger partial charge in [0.25, 0.3) is 0 Å². The molecule has 0 N–H and O–H groups in total. The largest absolute Gasteiger partial charge is 0.336 e. The number of benzene rings is 2. The predicted molar refractivity (Wildman–Crippen MR) is 176 cm³/mol. The van der Waals surface area contributed by atoms with E-state index in [0.29, 0.717) is 0 Å². The molecule has 2 atom stereocenters. The van der Waals surface area contributed by atoms with Crippen molar-refractivity contribution in [1.29, 1.82) is 0 Å². The number of nitrogens with zero attached hydrogens (tertiary/aromatic N) is 8. The van der Waals surface area contributed by atoms with Gasteiger partial charge in [-0.05, 0) is 89.1 Å².